The number of rotatable bonds is 3. The number of thiazole rings is 1. The maximum Gasteiger partial charge on any atom is 0.291 e. The normalized spacial score (nSPS) is 12.0. The molecular formula is C18H12ClN3O2S. The van der Waals surface area contributed by atoms with E-state index < -0.39 is 0 Å². The lowest BCUT2D eigenvalue weighted by Gasteiger charge is -2.03. The van der Waals surface area contributed by atoms with Crippen molar-refractivity contribution >= 4 is 34.0 Å². The molecule has 7 heteroatoms. The number of ether oxygens (including phenoxy) is 1. The van der Waals surface area contributed by atoms with Gasteiger partial charge < -0.3 is 4.74 Å². The van der Waals surface area contributed by atoms with Crippen molar-refractivity contribution in [3.63, 3.8) is 0 Å². The van der Waals surface area contributed by atoms with E-state index in [0.717, 1.165) is 11.1 Å². The summed E-state index contributed by atoms with van der Waals surface area (Å²) in [4.78, 5) is 17.6. The molecule has 4 rings (SSSR count). The van der Waals surface area contributed by atoms with Crippen LogP contribution < -0.4 is 14.8 Å². The minimum absolute atomic E-state index is 0.191. The van der Waals surface area contributed by atoms with Crippen LogP contribution in [0.2, 0.25) is 5.02 Å². The first kappa shape index (κ1) is 15.8. The topological polar surface area (TPSA) is 56.5 Å². The summed E-state index contributed by atoms with van der Waals surface area (Å²) in [6, 6.07) is 14.7. The lowest BCUT2D eigenvalue weighted by Crippen LogP contribution is -2.23. The van der Waals surface area contributed by atoms with E-state index in [9.17, 15) is 4.79 Å². The van der Waals surface area contributed by atoms with E-state index in [1.807, 2.05) is 42.5 Å². The Kier molecular flexibility index (Phi) is 3.99. The van der Waals surface area contributed by atoms with Crippen LogP contribution in [0, 0.1) is 0 Å². The van der Waals surface area contributed by atoms with Crippen LogP contribution in [0.1, 0.15) is 5.56 Å². The molecule has 0 fully saturated rings. The van der Waals surface area contributed by atoms with E-state index in [1.165, 1.54) is 15.9 Å². The fraction of sp³-hybridized carbons (Fsp3) is 0.0556. The number of hydrogen-bond acceptors (Lipinski definition) is 5. The van der Waals surface area contributed by atoms with E-state index in [-0.39, 0.29) is 5.56 Å². The van der Waals surface area contributed by atoms with Gasteiger partial charge in [0.1, 0.15) is 5.75 Å². The van der Waals surface area contributed by atoms with Crippen molar-refractivity contribution in [1.82, 2.24) is 14.6 Å². The zero-order chi connectivity index (χ0) is 17.4. The molecule has 25 heavy (non-hydrogen) atoms. The van der Waals surface area contributed by atoms with Gasteiger partial charge >= 0.3 is 0 Å². The largest absolute Gasteiger partial charge is 0.496 e. The molecule has 5 nitrogen and oxygen atoms in total. The molecule has 0 saturated carbocycles. The summed E-state index contributed by atoms with van der Waals surface area (Å²) in [5, 5.41) is 5.01. The summed E-state index contributed by atoms with van der Waals surface area (Å²) < 4.78 is 7.23. The second kappa shape index (κ2) is 6.31. The summed E-state index contributed by atoms with van der Waals surface area (Å²) in [6.45, 7) is 0. The zero-order valence-corrected chi connectivity index (χ0v) is 14.7. The monoisotopic (exact) mass is 369 g/mol. The first-order valence-electron chi connectivity index (χ1n) is 7.46. The van der Waals surface area contributed by atoms with Gasteiger partial charge in [-0.15, -0.1) is 5.10 Å². The number of halogens is 1. The third-order valence-electron chi connectivity index (χ3n) is 3.70. The predicted octanol–water partition coefficient (Wildman–Crippen LogP) is 3.03. The Bertz CT molecular complexity index is 1170. The smallest absolute Gasteiger partial charge is 0.291 e. The van der Waals surface area contributed by atoms with Crippen LogP contribution in [-0.4, -0.2) is 21.7 Å². The summed E-state index contributed by atoms with van der Waals surface area (Å²) in [7, 11) is 1.59. The Balaban J connectivity index is 1.82. The molecule has 0 aliphatic carbocycles. The molecule has 4 aromatic rings. The summed E-state index contributed by atoms with van der Waals surface area (Å²) >= 11 is 7.19. The van der Waals surface area contributed by atoms with Gasteiger partial charge in [0.25, 0.3) is 5.56 Å². The summed E-state index contributed by atoms with van der Waals surface area (Å²) in [5.41, 5.74) is 1.46. The van der Waals surface area contributed by atoms with Crippen molar-refractivity contribution in [2.24, 2.45) is 0 Å². The van der Waals surface area contributed by atoms with Crippen LogP contribution in [0.5, 0.6) is 5.75 Å². The van der Waals surface area contributed by atoms with Crippen molar-refractivity contribution < 1.29 is 4.74 Å². The maximum atomic E-state index is 12.6. The Morgan fingerprint density at radius 2 is 1.92 bits per heavy atom. The Hall–Kier alpha value is -2.70. The van der Waals surface area contributed by atoms with Crippen molar-refractivity contribution in [1.29, 1.82) is 0 Å². The van der Waals surface area contributed by atoms with Crippen molar-refractivity contribution in [3.8, 4) is 17.1 Å². The van der Waals surface area contributed by atoms with E-state index in [2.05, 4.69) is 10.1 Å². The minimum Gasteiger partial charge on any atom is -0.496 e. The van der Waals surface area contributed by atoms with Crippen LogP contribution in [0.4, 0.5) is 0 Å². The van der Waals surface area contributed by atoms with Gasteiger partial charge in [0.2, 0.25) is 4.96 Å². The molecule has 2 heterocycles. The number of aromatic nitrogens is 3. The van der Waals surface area contributed by atoms with Gasteiger partial charge in [0.15, 0.2) is 5.82 Å². The van der Waals surface area contributed by atoms with E-state index in [0.29, 0.717) is 26.1 Å². The first-order chi connectivity index (χ1) is 12.2. The van der Waals surface area contributed by atoms with Crippen LogP contribution in [0.3, 0.4) is 0 Å². The molecule has 0 bridgehead atoms. The van der Waals surface area contributed by atoms with E-state index >= 15 is 0 Å². The lowest BCUT2D eigenvalue weighted by molar-refractivity contribution is 0.416. The Morgan fingerprint density at radius 3 is 2.64 bits per heavy atom. The SMILES string of the molecule is COc1ccccc1-c1nc2s/c(=C\c3ccc(Cl)cc3)c(=O)n2n1. The number of nitrogens with zero attached hydrogens (tertiary/aromatic N) is 3. The predicted molar refractivity (Wildman–Crippen MR) is 99.4 cm³/mol. The highest BCUT2D eigenvalue weighted by atomic mass is 35.5. The van der Waals surface area contributed by atoms with Crippen molar-refractivity contribution in [2.75, 3.05) is 7.11 Å². The second-order valence-corrected chi connectivity index (χ2v) is 6.74. The van der Waals surface area contributed by atoms with E-state index in [1.54, 1.807) is 19.2 Å². The Morgan fingerprint density at radius 1 is 1.16 bits per heavy atom. The third kappa shape index (κ3) is 2.90. The molecule has 2 aromatic heterocycles. The molecule has 0 unspecified atom stereocenters. The minimum atomic E-state index is -0.191. The van der Waals surface area contributed by atoms with Crippen molar-refractivity contribution in [2.45, 2.75) is 0 Å². The number of para-hydroxylation sites is 1. The van der Waals surface area contributed by atoms with Gasteiger partial charge in [-0.3, -0.25) is 4.79 Å². The fourth-order valence-electron chi connectivity index (χ4n) is 2.49. The molecule has 0 atom stereocenters. The van der Waals surface area contributed by atoms with Gasteiger partial charge in [-0.1, -0.05) is 47.2 Å². The number of hydrogen-bond donors (Lipinski definition) is 0. The summed E-state index contributed by atoms with van der Waals surface area (Å²) in [5.74, 6) is 1.14. The van der Waals surface area contributed by atoms with Gasteiger partial charge in [-0.25, -0.2) is 0 Å². The molecule has 0 amide bonds. The standard InChI is InChI=1S/C18H12ClN3O2S/c1-24-14-5-3-2-4-13(14)16-20-18-22(21-16)17(23)15(25-18)10-11-6-8-12(19)9-7-11/h2-10H,1H3/b15-10-. The number of benzene rings is 2. The average molecular weight is 370 g/mol. The van der Waals surface area contributed by atoms with Gasteiger partial charge in [0.05, 0.1) is 17.2 Å². The number of fused-ring (bicyclic) bond motifs is 1. The first-order valence-corrected chi connectivity index (χ1v) is 8.65. The molecule has 2 aromatic carbocycles. The molecule has 124 valence electrons. The maximum absolute atomic E-state index is 12.6. The molecule has 0 saturated heterocycles. The van der Waals surface area contributed by atoms with Crippen LogP contribution >= 0.6 is 22.9 Å². The zero-order valence-electron chi connectivity index (χ0n) is 13.1. The molecule has 0 radical (unpaired) electrons. The average Bonchev–Trinajstić information content (AvgIpc) is 3.17. The summed E-state index contributed by atoms with van der Waals surface area (Å²) in [6.07, 6.45) is 1.81. The van der Waals surface area contributed by atoms with Gasteiger partial charge in [-0.2, -0.15) is 9.50 Å². The fourth-order valence-corrected chi connectivity index (χ4v) is 3.52. The van der Waals surface area contributed by atoms with Gasteiger partial charge in [-0.05, 0) is 35.9 Å². The van der Waals surface area contributed by atoms with Crippen LogP contribution in [-0.2, 0) is 0 Å². The molecule has 0 N–H and O–H groups in total. The van der Waals surface area contributed by atoms with Gasteiger partial charge in [0, 0.05) is 5.02 Å². The molecule has 0 aliphatic heterocycles. The second-order valence-electron chi connectivity index (χ2n) is 5.30. The molecule has 0 spiro atoms. The third-order valence-corrected chi connectivity index (χ3v) is 4.91. The number of methoxy groups -OCH3 is 1. The lowest BCUT2D eigenvalue weighted by atomic mass is 10.2. The van der Waals surface area contributed by atoms with E-state index in [4.69, 9.17) is 16.3 Å². The van der Waals surface area contributed by atoms with Crippen molar-refractivity contribution in [3.05, 3.63) is 74.0 Å². The highest BCUT2D eigenvalue weighted by molar-refractivity contribution is 7.15. The Labute approximate surface area is 151 Å². The van der Waals surface area contributed by atoms with Crippen LogP contribution in [0.15, 0.2) is 53.3 Å². The highest BCUT2D eigenvalue weighted by Crippen LogP contribution is 2.27. The highest BCUT2D eigenvalue weighted by Gasteiger charge is 2.14. The van der Waals surface area contributed by atoms with Crippen LogP contribution in [0.25, 0.3) is 22.4 Å². The molecule has 0 aliphatic rings. The molecular weight excluding hydrogens is 358 g/mol. The quantitative estimate of drug-likeness (QED) is 0.557.